The molecule has 10 aromatic carbocycles. The quantitative estimate of drug-likeness (QED) is 0.161. The summed E-state index contributed by atoms with van der Waals surface area (Å²) in [6.07, 6.45) is 0. The molecule has 0 aliphatic carbocycles. The van der Waals surface area contributed by atoms with Gasteiger partial charge in [0.15, 0.2) is 0 Å². The van der Waals surface area contributed by atoms with Crippen molar-refractivity contribution >= 4 is 71.6 Å². The Hall–Kier alpha value is -8.14. The van der Waals surface area contributed by atoms with Gasteiger partial charge in [0, 0.05) is 49.9 Å². The molecular weight excluding hydrogens is 741 g/mol. The Kier molecular flexibility index (Phi) is 8.17. The third-order valence-corrected chi connectivity index (χ3v) is 12.2. The molecule has 2 heterocycles. The van der Waals surface area contributed by atoms with Gasteiger partial charge in [-0.25, -0.2) is 0 Å². The molecule has 0 aliphatic heterocycles. The molecule has 0 saturated carbocycles. The van der Waals surface area contributed by atoms with Gasteiger partial charge < -0.3 is 13.9 Å². The third-order valence-electron chi connectivity index (χ3n) is 12.2. The van der Waals surface area contributed by atoms with Crippen molar-refractivity contribution < 1.29 is 4.42 Å². The van der Waals surface area contributed by atoms with Gasteiger partial charge in [-0.3, -0.25) is 0 Å². The fraction of sp³-hybridized carbons (Fsp3) is 0. The minimum absolute atomic E-state index is 0.905. The van der Waals surface area contributed by atoms with E-state index >= 15 is 0 Å². The average molecular weight is 779 g/mol. The van der Waals surface area contributed by atoms with Gasteiger partial charge in [0.25, 0.3) is 0 Å². The molecule has 0 fully saturated rings. The molecule has 0 radical (unpaired) electrons. The van der Waals surface area contributed by atoms with Gasteiger partial charge in [0.05, 0.1) is 11.0 Å². The summed E-state index contributed by atoms with van der Waals surface area (Å²) >= 11 is 0. The summed E-state index contributed by atoms with van der Waals surface area (Å²) in [5, 5.41) is 7.29. The van der Waals surface area contributed by atoms with E-state index in [9.17, 15) is 0 Å². The maximum absolute atomic E-state index is 6.42. The van der Waals surface area contributed by atoms with Gasteiger partial charge in [-0.05, 0) is 111 Å². The van der Waals surface area contributed by atoms with Crippen LogP contribution in [0, 0.1) is 0 Å². The van der Waals surface area contributed by atoms with Crippen molar-refractivity contribution in [1.82, 2.24) is 4.57 Å². The van der Waals surface area contributed by atoms with Crippen LogP contribution < -0.4 is 4.90 Å². The zero-order valence-electron chi connectivity index (χ0n) is 33.2. The molecule has 0 unspecified atom stereocenters. The van der Waals surface area contributed by atoms with Crippen LogP contribution in [0.3, 0.4) is 0 Å². The zero-order valence-corrected chi connectivity index (χ0v) is 33.2. The lowest BCUT2D eigenvalue weighted by atomic mass is 10.00. The van der Waals surface area contributed by atoms with Gasteiger partial charge >= 0.3 is 0 Å². The number of fused-ring (bicyclic) bond motifs is 7. The average Bonchev–Trinajstić information content (AvgIpc) is 3.89. The topological polar surface area (TPSA) is 21.3 Å². The van der Waals surface area contributed by atoms with Crippen LogP contribution in [0.1, 0.15) is 0 Å². The predicted octanol–water partition coefficient (Wildman–Crippen LogP) is 16.3. The van der Waals surface area contributed by atoms with Gasteiger partial charge in [-0.1, -0.05) is 158 Å². The van der Waals surface area contributed by atoms with Crippen molar-refractivity contribution in [1.29, 1.82) is 0 Å². The van der Waals surface area contributed by atoms with E-state index in [4.69, 9.17) is 4.42 Å². The number of furan rings is 1. The van der Waals surface area contributed by atoms with Gasteiger partial charge in [-0.2, -0.15) is 0 Å². The van der Waals surface area contributed by atoms with E-state index in [1.807, 2.05) is 12.1 Å². The maximum Gasteiger partial charge on any atom is 0.143 e. The van der Waals surface area contributed by atoms with Gasteiger partial charge in [0.2, 0.25) is 0 Å². The first kappa shape index (κ1) is 34.9. The van der Waals surface area contributed by atoms with E-state index in [1.165, 1.54) is 54.8 Å². The third kappa shape index (κ3) is 5.98. The summed E-state index contributed by atoms with van der Waals surface area (Å²) in [6, 6.07) is 82.9. The fourth-order valence-corrected chi connectivity index (χ4v) is 9.19. The summed E-state index contributed by atoms with van der Waals surface area (Å²) < 4.78 is 8.79. The SMILES string of the molecule is c1ccc2cc(-c3ccc(N(c4ccc(-c5ccc(-n6c7ccccc7c7ccccc76)cc5)cc4)c4ccc(-c5cccc6c5oc5ccccc56)cc4)cc3)ccc2c1. The van der Waals surface area contributed by atoms with Crippen molar-refractivity contribution in [2.75, 3.05) is 4.90 Å². The lowest BCUT2D eigenvalue weighted by Gasteiger charge is -2.26. The number of anilines is 3. The molecule has 0 amide bonds. The van der Waals surface area contributed by atoms with Crippen molar-refractivity contribution in [3.05, 3.63) is 231 Å². The van der Waals surface area contributed by atoms with Crippen LogP contribution in [0.25, 0.3) is 93.6 Å². The lowest BCUT2D eigenvalue weighted by molar-refractivity contribution is 0.670. The van der Waals surface area contributed by atoms with E-state index in [0.29, 0.717) is 0 Å². The second-order valence-electron chi connectivity index (χ2n) is 15.7. The molecule has 0 saturated heterocycles. The van der Waals surface area contributed by atoms with E-state index < -0.39 is 0 Å². The molecule has 0 N–H and O–H groups in total. The first-order valence-corrected chi connectivity index (χ1v) is 20.8. The van der Waals surface area contributed by atoms with E-state index in [-0.39, 0.29) is 0 Å². The first-order chi connectivity index (χ1) is 30.2. The molecule has 0 atom stereocenters. The van der Waals surface area contributed by atoms with Crippen molar-refractivity contribution in [2.45, 2.75) is 0 Å². The number of hydrogen-bond donors (Lipinski definition) is 0. The van der Waals surface area contributed by atoms with Crippen LogP contribution in [-0.4, -0.2) is 4.57 Å². The van der Waals surface area contributed by atoms with E-state index in [1.54, 1.807) is 0 Å². The number of rotatable bonds is 7. The summed E-state index contributed by atoms with van der Waals surface area (Å²) in [4.78, 5) is 2.34. The number of aromatic nitrogens is 1. The Labute approximate surface area is 353 Å². The number of benzene rings is 10. The van der Waals surface area contributed by atoms with Crippen LogP contribution in [0.5, 0.6) is 0 Å². The fourth-order valence-electron chi connectivity index (χ4n) is 9.19. The molecule has 0 bridgehead atoms. The van der Waals surface area contributed by atoms with Crippen molar-refractivity contribution in [3.63, 3.8) is 0 Å². The van der Waals surface area contributed by atoms with E-state index in [2.05, 4.69) is 228 Å². The molecule has 0 aliphatic rings. The highest BCUT2D eigenvalue weighted by Gasteiger charge is 2.17. The largest absolute Gasteiger partial charge is 0.455 e. The molecule has 12 aromatic rings. The minimum Gasteiger partial charge on any atom is -0.455 e. The second kappa shape index (κ2) is 14.3. The maximum atomic E-state index is 6.42. The number of para-hydroxylation sites is 4. The molecule has 3 heteroatoms. The van der Waals surface area contributed by atoms with Crippen molar-refractivity contribution in [3.8, 4) is 39.1 Å². The summed E-state index contributed by atoms with van der Waals surface area (Å²) in [7, 11) is 0. The molecular formula is C58H38N2O. The van der Waals surface area contributed by atoms with Crippen molar-refractivity contribution in [2.24, 2.45) is 0 Å². The van der Waals surface area contributed by atoms with E-state index in [0.717, 1.165) is 55.8 Å². The highest BCUT2D eigenvalue weighted by molar-refractivity contribution is 6.10. The number of nitrogens with zero attached hydrogens (tertiary/aromatic N) is 2. The van der Waals surface area contributed by atoms with Crippen LogP contribution in [0.4, 0.5) is 17.1 Å². The Balaban J connectivity index is 0.903. The molecule has 286 valence electrons. The molecule has 61 heavy (non-hydrogen) atoms. The number of hydrogen-bond acceptors (Lipinski definition) is 2. The Morgan fingerprint density at radius 3 is 1.44 bits per heavy atom. The normalized spacial score (nSPS) is 11.6. The Morgan fingerprint density at radius 1 is 0.328 bits per heavy atom. The minimum atomic E-state index is 0.905. The molecule has 0 spiro atoms. The molecule has 3 nitrogen and oxygen atoms in total. The van der Waals surface area contributed by atoms with Crippen LogP contribution in [0.2, 0.25) is 0 Å². The summed E-state index contributed by atoms with van der Waals surface area (Å²) in [5.41, 5.74) is 15.5. The van der Waals surface area contributed by atoms with Gasteiger partial charge in [-0.15, -0.1) is 0 Å². The predicted molar refractivity (Wildman–Crippen MR) is 257 cm³/mol. The highest BCUT2D eigenvalue weighted by atomic mass is 16.3. The summed E-state index contributed by atoms with van der Waals surface area (Å²) in [6.45, 7) is 0. The highest BCUT2D eigenvalue weighted by Crippen LogP contribution is 2.41. The van der Waals surface area contributed by atoms with Crippen LogP contribution in [-0.2, 0) is 0 Å². The van der Waals surface area contributed by atoms with Crippen LogP contribution in [0.15, 0.2) is 235 Å². The Morgan fingerprint density at radius 2 is 0.803 bits per heavy atom. The zero-order chi connectivity index (χ0) is 40.3. The Bertz CT molecular complexity index is 3500. The second-order valence-corrected chi connectivity index (χ2v) is 15.7. The molecule has 12 rings (SSSR count). The standard InChI is InChI=1S/C58H38N2O/c1-2-11-44-38-45(21-20-39(44)10-1)42-26-32-47(33-27-42)59(48-36-28-43(29-37-48)50-15-9-16-54-53-14-5-8-19-57(53)61-58(50)54)46-30-22-40(23-31-46)41-24-34-49(35-25-41)60-55-17-6-3-12-51(55)52-13-4-7-18-56(52)60/h1-38H. The van der Waals surface area contributed by atoms with Crippen LogP contribution >= 0.6 is 0 Å². The summed E-state index contributed by atoms with van der Waals surface area (Å²) in [5.74, 6) is 0. The van der Waals surface area contributed by atoms with Gasteiger partial charge in [0.1, 0.15) is 11.2 Å². The smallest absolute Gasteiger partial charge is 0.143 e. The monoisotopic (exact) mass is 778 g/mol. The molecule has 2 aromatic heterocycles. The first-order valence-electron chi connectivity index (χ1n) is 20.8. The lowest BCUT2D eigenvalue weighted by Crippen LogP contribution is -2.09.